The van der Waals surface area contributed by atoms with Gasteiger partial charge in [-0.15, -0.1) is 0 Å². The average Bonchev–Trinajstić information content (AvgIpc) is 2.76. The first kappa shape index (κ1) is 13.3. The molecule has 0 aliphatic rings. The van der Waals surface area contributed by atoms with Crippen molar-refractivity contribution in [2.45, 2.75) is 19.9 Å². The molecule has 100 valence electrons. The zero-order chi connectivity index (χ0) is 14.0. The van der Waals surface area contributed by atoms with Crippen LogP contribution in [-0.4, -0.2) is 19.7 Å². The first-order valence-electron chi connectivity index (χ1n) is 5.49. The van der Waals surface area contributed by atoms with Crippen molar-refractivity contribution in [3.63, 3.8) is 0 Å². The van der Waals surface area contributed by atoms with Crippen molar-refractivity contribution in [2.75, 3.05) is 0 Å². The van der Waals surface area contributed by atoms with Crippen LogP contribution in [0.15, 0.2) is 24.5 Å². The van der Waals surface area contributed by atoms with E-state index in [0.29, 0.717) is 5.75 Å². The van der Waals surface area contributed by atoms with E-state index in [2.05, 4.69) is 10.1 Å². The number of hydrogen-bond acceptors (Lipinski definition) is 5. The third-order valence-electron chi connectivity index (χ3n) is 2.30. The number of halogens is 1. The Balaban J connectivity index is 2.24. The van der Waals surface area contributed by atoms with Gasteiger partial charge in [-0.05, 0) is 13.8 Å². The number of rotatable bonds is 4. The van der Waals surface area contributed by atoms with E-state index in [1.165, 1.54) is 12.3 Å². The topological polar surface area (TPSA) is 83.1 Å². The summed E-state index contributed by atoms with van der Waals surface area (Å²) in [5.74, 6) is 0.500. The van der Waals surface area contributed by atoms with E-state index in [0.717, 1.165) is 6.07 Å². The van der Waals surface area contributed by atoms with Crippen LogP contribution >= 0.6 is 11.6 Å². The van der Waals surface area contributed by atoms with E-state index in [1.54, 1.807) is 10.9 Å². The molecule has 0 fully saturated rings. The first-order valence-corrected chi connectivity index (χ1v) is 5.87. The molecule has 2 aromatic rings. The second kappa shape index (κ2) is 5.23. The minimum Gasteiger partial charge on any atom is -0.435 e. The van der Waals surface area contributed by atoms with Gasteiger partial charge in [0.25, 0.3) is 5.69 Å². The van der Waals surface area contributed by atoms with Gasteiger partial charge in [0.15, 0.2) is 5.75 Å². The zero-order valence-electron chi connectivity index (χ0n) is 10.3. The summed E-state index contributed by atoms with van der Waals surface area (Å²) in [7, 11) is 0. The molecule has 7 nitrogen and oxygen atoms in total. The maximum Gasteiger partial charge on any atom is 0.277 e. The molecule has 0 saturated carbocycles. The molecule has 0 spiro atoms. The van der Waals surface area contributed by atoms with Crippen molar-refractivity contribution in [1.82, 2.24) is 14.8 Å². The average molecular weight is 283 g/mol. The normalized spacial score (nSPS) is 10.7. The van der Waals surface area contributed by atoms with Crippen molar-refractivity contribution in [3.05, 3.63) is 39.8 Å². The Labute approximate surface area is 113 Å². The zero-order valence-corrected chi connectivity index (χ0v) is 11.0. The standard InChI is InChI=1S/C11H11ClN4O3/c1-7(2)15-6-9(5-13-15)19-11-4-8(16(17)18)3-10(12)14-11/h3-7H,1-2H3. The molecule has 2 aromatic heterocycles. The van der Waals surface area contributed by atoms with E-state index in [1.807, 2.05) is 13.8 Å². The Morgan fingerprint density at radius 2 is 2.21 bits per heavy atom. The van der Waals surface area contributed by atoms with Gasteiger partial charge in [-0.1, -0.05) is 11.6 Å². The van der Waals surface area contributed by atoms with Crippen molar-refractivity contribution < 1.29 is 9.66 Å². The summed E-state index contributed by atoms with van der Waals surface area (Å²) in [6, 6.07) is 2.56. The van der Waals surface area contributed by atoms with Crippen LogP contribution in [0.3, 0.4) is 0 Å². The fraction of sp³-hybridized carbons (Fsp3) is 0.273. The number of nitrogens with zero attached hydrogens (tertiary/aromatic N) is 4. The lowest BCUT2D eigenvalue weighted by molar-refractivity contribution is -0.385. The summed E-state index contributed by atoms with van der Waals surface area (Å²) in [6.07, 6.45) is 3.19. The lowest BCUT2D eigenvalue weighted by atomic mass is 10.4. The third kappa shape index (κ3) is 3.19. The van der Waals surface area contributed by atoms with Gasteiger partial charge in [0.2, 0.25) is 5.88 Å². The second-order valence-electron chi connectivity index (χ2n) is 4.10. The molecular formula is C11H11ClN4O3. The summed E-state index contributed by atoms with van der Waals surface area (Å²) in [6.45, 7) is 3.94. The Hall–Kier alpha value is -2.15. The van der Waals surface area contributed by atoms with E-state index in [9.17, 15) is 10.1 Å². The van der Waals surface area contributed by atoms with Crippen molar-refractivity contribution in [3.8, 4) is 11.6 Å². The lowest BCUT2D eigenvalue weighted by Crippen LogP contribution is -1.99. The number of hydrogen-bond donors (Lipinski definition) is 0. The van der Waals surface area contributed by atoms with Gasteiger partial charge in [-0.3, -0.25) is 14.8 Å². The van der Waals surface area contributed by atoms with Crippen LogP contribution in [0.4, 0.5) is 5.69 Å². The first-order chi connectivity index (χ1) is 8.95. The molecule has 0 amide bonds. The smallest absolute Gasteiger partial charge is 0.277 e. The van der Waals surface area contributed by atoms with Crippen LogP contribution in [0.2, 0.25) is 5.15 Å². The van der Waals surface area contributed by atoms with Crippen LogP contribution in [-0.2, 0) is 0 Å². The van der Waals surface area contributed by atoms with E-state index in [4.69, 9.17) is 16.3 Å². The quantitative estimate of drug-likeness (QED) is 0.488. The minimum atomic E-state index is -0.558. The molecule has 0 aliphatic carbocycles. The van der Waals surface area contributed by atoms with Crippen LogP contribution in [0.1, 0.15) is 19.9 Å². The fourth-order valence-corrected chi connectivity index (χ4v) is 1.59. The molecule has 0 bridgehead atoms. The van der Waals surface area contributed by atoms with Gasteiger partial charge in [-0.25, -0.2) is 4.98 Å². The summed E-state index contributed by atoms with van der Waals surface area (Å²) < 4.78 is 7.10. The van der Waals surface area contributed by atoms with Crippen LogP contribution < -0.4 is 4.74 Å². The number of aromatic nitrogens is 3. The highest BCUT2D eigenvalue weighted by Gasteiger charge is 2.12. The highest BCUT2D eigenvalue weighted by Crippen LogP contribution is 2.26. The Morgan fingerprint density at radius 3 is 2.79 bits per heavy atom. The Bertz CT molecular complexity index is 612. The Morgan fingerprint density at radius 1 is 1.47 bits per heavy atom. The molecule has 2 heterocycles. The molecule has 2 rings (SSSR count). The van der Waals surface area contributed by atoms with Crippen LogP contribution in [0, 0.1) is 10.1 Å². The summed E-state index contributed by atoms with van der Waals surface area (Å²) in [4.78, 5) is 14.0. The second-order valence-corrected chi connectivity index (χ2v) is 4.48. The molecule has 0 radical (unpaired) electrons. The summed E-state index contributed by atoms with van der Waals surface area (Å²) in [5.41, 5.74) is -0.175. The Kier molecular flexibility index (Phi) is 3.66. The molecular weight excluding hydrogens is 272 g/mol. The van der Waals surface area contributed by atoms with Gasteiger partial charge in [0.1, 0.15) is 5.15 Å². The van der Waals surface area contributed by atoms with Crippen molar-refractivity contribution in [1.29, 1.82) is 0 Å². The molecule has 19 heavy (non-hydrogen) atoms. The fourth-order valence-electron chi connectivity index (χ4n) is 1.39. The minimum absolute atomic E-state index is 0.000418. The molecule has 0 atom stereocenters. The van der Waals surface area contributed by atoms with Gasteiger partial charge < -0.3 is 4.74 Å². The number of pyridine rings is 1. The molecule has 0 aliphatic heterocycles. The highest BCUT2D eigenvalue weighted by atomic mass is 35.5. The number of ether oxygens (including phenoxy) is 1. The molecule has 8 heteroatoms. The van der Waals surface area contributed by atoms with E-state index >= 15 is 0 Å². The number of nitro groups is 1. The monoisotopic (exact) mass is 282 g/mol. The predicted molar refractivity (Wildman–Crippen MR) is 68.6 cm³/mol. The molecule has 0 unspecified atom stereocenters. The van der Waals surface area contributed by atoms with Crippen molar-refractivity contribution >= 4 is 17.3 Å². The predicted octanol–water partition coefficient (Wildman–Crippen LogP) is 3.21. The van der Waals surface area contributed by atoms with Gasteiger partial charge in [-0.2, -0.15) is 5.10 Å². The maximum atomic E-state index is 10.7. The van der Waals surface area contributed by atoms with Gasteiger partial charge >= 0.3 is 0 Å². The van der Waals surface area contributed by atoms with E-state index < -0.39 is 4.92 Å². The van der Waals surface area contributed by atoms with Crippen molar-refractivity contribution in [2.24, 2.45) is 0 Å². The van der Waals surface area contributed by atoms with E-state index in [-0.39, 0.29) is 22.8 Å². The molecule has 0 saturated heterocycles. The molecule has 0 aromatic carbocycles. The largest absolute Gasteiger partial charge is 0.435 e. The van der Waals surface area contributed by atoms with Crippen LogP contribution in [0.5, 0.6) is 11.6 Å². The SMILES string of the molecule is CC(C)n1cc(Oc2cc([N+](=O)[O-])cc(Cl)n2)cn1. The highest BCUT2D eigenvalue weighted by molar-refractivity contribution is 6.29. The third-order valence-corrected chi connectivity index (χ3v) is 2.49. The lowest BCUT2D eigenvalue weighted by Gasteiger charge is -2.04. The van der Waals surface area contributed by atoms with Gasteiger partial charge in [0.05, 0.1) is 29.4 Å². The maximum absolute atomic E-state index is 10.7. The molecule has 0 N–H and O–H groups in total. The van der Waals surface area contributed by atoms with Gasteiger partial charge in [0, 0.05) is 6.04 Å². The summed E-state index contributed by atoms with van der Waals surface area (Å²) >= 11 is 5.70. The summed E-state index contributed by atoms with van der Waals surface area (Å²) in [5, 5.41) is 14.8. The van der Waals surface area contributed by atoms with Crippen LogP contribution in [0.25, 0.3) is 0 Å².